The Bertz CT molecular complexity index is 2280. The van der Waals surface area contributed by atoms with Crippen LogP contribution in [0.4, 0.5) is 17.1 Å². The molecule has 44 heavy (non-hydrogen) atoms. The molecule has 2 heterocycles. The molecular weight excluding hydrogens is 531 g/mol. The molecule has 0 spiro atoms. The highest BCUT2D eigenvalue weighted by molar-refractivity contribution is 7.01. The Kier molecular flexibility index (Phi) is 4.74. The van der Waals surface area contributed by atoms with Gasteiger partial charge in [-0.3, -0.25) is 0 Å². The molecule has 3 heteroatoms. The molecule has 0 saturated carbocycles. The van der Waals surface area contributed by atoms with Crippen LogP contribution in [-0.2, 0) is 6.42 Å². The van der Waals surface area contributed by atoms with Gasteiger partial charge in [-0.25, -0.2) is 0 Å². The number of hydrogen-bond acceptors (Lipinski definition) is 2. The molecule has 0 fully saturated rings. The van der Waals surface area contributed by atoms with Gasteiger partial charge in [0.2, 0.25) is 6.71 Å². The molecule has 5 aromatic carbocycles. The fourth-order valence-electron chi connectivity index (χ4n) is 8.31. The number of nitriles is 1. The molecule has 10 rings (SSSR count). The first kappa shape index (κ1) is 23.9. The molecule has 2 nitrogen and oxygen atoms in total. The molecule has 3 aliphatic carbocycles. The number of benzene rings is 5. The average Bonchev–Trinajstić information content (AvgIpc) is 3.42. The summed E-state index contributed by atoms with van der Waals surface area (Å²) in [6.07, 6.45) is 14.8. The molecule has 0 saturated heterocycles. The van der Waals surface area contributed by atoms with Crippen molar-refractivity contribution in [2.45, 2.75) is 12.3 Å². The summed E-state index contributed by atoms with van der Waals surface area (Å²) < 4.78 is 0. The normalized spacial score (nSPS) is 17.2. The SMILES string of the molecule is N#Cc1ccc(-c2ccc3c(c2)-c2cccc4c2B3c2ccccc2N4c2cc3c4c(c2)CC=C2C=CC=C(C=C3)C24)cc1. The lowest BCUT2D eigenvalue weighted by atomic mass is 9.37. The van der Waals surface area contributed by atoms with Gasteiger partial charge in [0.15, 0.2) is 0 Å². The summed E-state index contributed by atoms with van der Waals surface area (Å²) >= 11 is 0. The first-order chi connectivity index (χ1) is 21.8. The minimum absolute atomic E-state index is 0.196. The summed E-state index contributed by atoms with van der Waals surface area (Å²) in [6.45, 7) is 0.196. The monoisotopic (exact) mass is 556 g/mol. The molecule has 1 unspecified atom stereocenters. The van der Waals surface area contributed by atoms with Gasteiger partial charge in [-0.2, -0.15) is 5.26 Å². The van der Waals surface area contributed by atoms with Crippen molar-refractivity contribution in [2.24, 2.45) is 0 Å². The van der Waals surface area contributed by atoms with E-state index in [0.717, 1.165) is 12.0 Å². The first-order valence-corrected chi connectivity index (χ1v) is 15.4. The first-order valence-electron chi connectivity index (χ1n) is 15.4. The predicted octanol–water partition coefficient (Wildman–Crippen LogP) is 7.59. The Hall–Kier alpha value is -5.59. The molecule has 202 valence electrons. The predicted molar refractivity (Wildman–Crippen MR) is 182 cm³/mol. The van der Waals surface area contributed by atoms with Crippen LogP contribution in [0.25, 0.3) is 28.3 Å². The molecule has 0 amide bonds. The van der Waals surface area contributed by atoms with Crippen molar-refractivity contribution in [3.8, 4) is 28.3 Å². The van der Waals surface area contributed by atoms with Crippen molar-refractivity contribution in [3.05, 3.63) is 161 Å². The Morgan fingerprint density at radius 3 is 2.50 bits per heavy atom. The van der Waals surface area contributed by atoms with Crippen LogP contribution in [0, 0.1) is 11.3 Å². The van der Waals surface area contributed by atoms with Crippen LogP contribution in [0.1, 0.15) is 28.2 Å². The summed E-state index contributed by atoms with van der Waals surface area (Å²) in [5, 5.41) is 9.28. The molecule has 0 aromatic heterocycles. The van der Waals surface area contributed by atoms with Crippen LogP contribution >= 0.6 is 0 Å². The van der Waals surface area contributed by atoms with E-state index in [0.29, 0.717) is 11.5 Å². The zero-order valence-corrected chi connectivity index (χ0v) is 24.0. The van der Waals surface area contributed by atoms with Gasteiger partial charge in [0.25, 0.3) is 0 Å². The topological polar surface area (TPSA) is 27.0 Å². The van der Waals surface area contributed by atoms with Gasteiger partial charge in [0.1, 0.15) is 0 Å². The molecule has 5 aliphatic rings. The van der Waals surface area contributed by atoms with Crippen molar-refractivity contribution < 1.29 is 0 Å². The second kappa shape index (κ2) is 8.72. The van der Waals surface area contributed by atoms with Crippen molar-refractivity contribution in [1.82, 2.24) is 0 Å². The summed E-state index contributed by atoms with van der Waals surface area (Å²) in [6, 6.07) is 37.7. The van der Waals surface area contributed by atoms with Gasteiger partial charge >= 0.3 is 0 Å². The van der Waals surface area contributed by atoms with Crippen LogP contribution in [-0.4, -0.2) is 6.71 Å². The Morgan fingerprint density at radius 2 is 1.59 bits per heavy atom. The maximum Gasteiger partial charge on any atom is 0.248 e. The van der Waals surface area contributed by atoms with Crippen LogP contribution in [0.2, 0.25) is 0 Å². The lowest BCUT2D eigenvalue weighted by Crippen LogP contribution is -2.54. The van der Waals surface area contributed by atoms with Crippen molar-refractivity contribution in [3.63, 3.8) is 0 Å². The fraction of sp³-hybridized carbons (Fsp3) is 0.0488. The number of rotatable bonds is 2. The Morgan fingerprint density at radius 1 is 0.727 bits per heavy atom. The third-order valence-electron chi connectivity index (χ3n) is 10.2. The second-order valence-electron chi connectivity index (χ2n) is 12.4. The fourth-order valence-corrected chi connectivity index (χ4v) is 8.31. The van der Waals surface area contributed by atoms with E-state index in [1.54, 1.807) is 0 Å². The maximum atomic E-state index is 9.28. The zero-order valence-electron chi connectivity index (χ0n) is 24.0. The van der Waals surface area contributed by atoms with Crippen molar-refractivity contribution in [2.75, 3.05) is 4.90 Å². The number of anilines is 3. The quantitative estimate of drug-likeness (QED) is 0.205. The minimum Gasteiger partial charge on any atom is -0.311 e. The smallest absolute Gasteiger partial charge is 0.248 e. The van der Waals surface area contributed by atoms with Gasteiger partial charge in [0, 0.05) is 23.0 Å². The molecule has 2 aliphatic heterocycles. The van der Waals surface area contributed by atoms with Crippen LogP contribution < -0.4 is 21.3 Å². The molecule has 0 N–H and O–H groups in total. The summed E-state index contributed by atoms with van der Waals surface area (Å²) in [7, 11) is 0. The van der Waals surface area contributed by atoms with E-state index in [1.165, 1.54) is 78.0 Å². The highest BCUT2D eigenvalue weighted by atomic mass is 15.2. The highest BCUT2D eigenvalue weighted by Crippen LogP contribution is 2.49. The Labute approximate surface area is 257 Å². The number of fused-ring (bicyclic) bond motifs is 5. The van der Waals surface area contributed by atoms with Gasteiger partial charge in [-0.15, -0.1) is 0 Å². The number of hydrogen-bond donors (Lipinski definition) is 0. The second-order valence-corrected chi connectivity index (χ2v) is 12.4. The van der Waals surface area contributed by atoms with Crippen LogP contribution in [0.15, 0.2) is 139 Å². The summed E-state index contributed by atoms with van der Waals surface area (Å²) in [5.74, 6) is 0.358. The van der Waals surface area contributed by atoms with E-state index < -0.39 is 0 Å². The largest absolute Gasteiger partial charge is 0.311 e. The standard InChI is InChI=1S/C41H25BN2/c43-24-25-11-13-26(14-12-25)29-19-20-35-34(23-29)33-7-4-10-38-41(33)42(35)36-8-1-2-9-37(36)44(38)32-21-30-17-15-27-5-3-6-28-16-18-31(22-32)40(30)39(27)28/h1-17,19-23,39H,18H2. The van der Waals surface area contributed by atoms with E-state index in [-0.39, 0.29) is 6.71 Å². The molecule has 0 radical (unpaired) electrons. The van der Waals surface area contributed by atoms with Gasteiger partial charge in [-0.1, -0.05) is 96.5 Å². The molecule has 0 bridgehead atoms. The lowest BCUT2D eigenvalue weighted by molar-refractivity contribution is 0.892. The van der Waals surface area contributed by atoms with E-state index >= 15 is 0 Å². The van der Waals surface area contributed by atoms with Gasteiger partial charge in [0.05, 0.1) is 11.6 Å². The summed E-state index contributed by atoms with van der Waals surface area (Å²) in [4.78, 5) is 2.51. The van der Waals surface area contributed by atoms with Gasteiger partial charge < -0.3 is 4.90 Å². The summed E-state index contributed by atoms with van der Waals surface area (Å²) in [5.41, 5.74) is 20.5. The third-order valence-corrected chi connectivity index (χ3v) is 10.2. The van der Waals surface area contributed by atoms with E-state index in [2.05, 4.69) is 132 Å². The van der Waals surface area contributed by atoms with E-state index in [9.17, 15) is 5.26 Å². The van der Waals surface area contributed by atoms with Crippen molar-refractivity contribution >= 4 is 46.2 Å². The molecule has 1 atom stereocenters. The van der Waals surface area contributed by atoms with Crippen LogP contribution in [0.3, 0.4) is 0 Å². The van der Waals surface area contributed by atoms with Crippen LogP contribution in [0.5, 0.6) is 0 Å². The highest BCUT2D eigenvalue weighted by Gasteiger charge is 2.42. The van der Waals surface area contributed by atoms with E-state index in [1.807, 2.05) is 12.1 Å². The average molecular weight is 556 g/mol. The zero-order chi connectivity index (χ0) is 28.9. The number of nitrogens with zero attached hydrogens (tertiary/aromatic N) is 2. The van der Waals surface area contributed by atoms with E-state index in [4.69, 9.17) is 0 Å². The maximum absolute atomic E-state index is 9.28. The molecule has 5 aromatic rings. The third kappa shape index (κ3) is 3.15. The van der Waals surface area contributed by atoms with Crippen molar-refractivity contribution in [1.29, 1.82) is 5.26 Å². The Balaban J connectivity index is 1.16. The molecular formula is C41H25BN2. The van der Waals surface area contributed by atoms with Gasteiger partial charge in [-0.05, 0) is 110 Å². The lowest BCUT2D eigenvalue weighted by Gasteiger charge is -2.38. The minimum atomic E-state index is 0.196. The number of allylic oxidation sites excluding steroid dienone is 7. The number of para-hydroxylation sites is 1.